The highest BCUT2D eigenvalue weighted by molar-refractivity contribution is 5.70. The van der Waals surface area contributed by atoms with Crippen molar-refractivity contribution in [2.24, 2.45) is 0 Å². The van der Waals surface area contributed by atoms with E-state index in [4.69, 9.17) is 4.74 Å². The summed E-state index contributed by atoms with van der Waals surface area (Å²) in [5.74, 6) is -1.23. The fourth-order valence-corrected chi connectivity index (χ4v) is 2.65. The highest BCUT2D eigenvalue weighted by Gasteiger charge is 2.63. The van der Waals surface area contributed by atoms with Crippen LogP contribution in [0.15, 0.2) is 72.8 Å². The highest BCUT2D eigenvalue weighted by atomic mass is 19.3. The van der Waals surface area contributed by atoms with Crippen molar-refractivity contribution < 1.29 is 36.2 Å². The third-order valence-electron chi connectivity index (χ3n) is 4.16. The van der Waals surface area contributed by atoms with Gasteiger partial charge in [-0.3, -0.25) is 0 Å². The lowest BCUT2D eigenvalue weighted by Crippen LogP contribution is -2.49. The molecule has 3 nitrogen and oxygen atoms in total. The molecule has 0 bridgehead atoms. The van der Waals surface area contributed by atoms with Crippen LogP contribution < -0.4 is 14.2 Å². The lowest BCUT2D eigenvalue weighted by Gasteiger charge is -2.27. The Labute approximate surface area is 176 Å². The Bertz CT molecular complexity index is 989. The third kappa shape index (κ3) is 5.45. The molecular weight excluding hydrogens is 419 g/mol. The Kier molecular flexibility index (Phi) is 6.68. The maximum absolute atomic E-state index is 14.4. The molecule has 0 aromatic heterocycles. The van der Waals surface area contributed by atoms with Crippen LogP contribution in [0.25, 0.3) is 11.1 Å². The molecule has 0 unspecified atom stereocenters. The van der Waals surface area contributed by atoms with E-state index < -0.39 is 29.5 Å². The molecule has 0 saturated carbocycles. The standard InChI is InChI=1S/C23H19F5O3/c1-2-15-29-18-11-7-16(8-12-18)20-5-3-4-6-21(20)31-23(27,28)22(25,26)30-19-13-9-17(24)10-14-19/h3-14H,2,15H2,1H3. The smallest absolute Gasteiger partial charge is 0.494 e. The maximum atomic E-state index is 14.4. The molecule has 0 heterocycles. The SMILES string of the molecule is CCCOc1ccc(-c2ccccc2OC(F)(F)C(F)(F)Oc2ccc(F)cc2)cc1. The van der Waals surface area contributed by atoms with Crippen LogP contribution in [-0.2, 0) is 0 Å². The molecule has 0 aliphatic heterocycles. The van der Waals surface area contributed by atoms with E-state index in [-0.39, 0.29) is 5.56 Å². The van der Waals surface area contributed by atoms with E-state index in [9.17, 15) is 22.0 Å². The van der Waals surface area contributed by atoms with Crippen LogP contribution >= 0.6 is 0 Å². The van der Waals surface area contributed by atoms with Gasteiger partial charge in [-0.1, -0.05) is 37.3 Å². The molecule has 164 valence electrons. The molecule has 3 rings (SSSR count). The summed E-state index contributed by atoms with van der Waals surface area (Å²) in [5, 5.41) is 0. The zero-order chi connectivity index (χ0) is 22.5. The van der Waals surface area contributed by atoms with Gasteiger partial charge in [0.1, 0.15) is 23.1 Å². The van der Waals surface area contributed by atoms with E-state index in [0.29, 0.717) is 17.9 Å². The Balaban J connectivity index is 1.82. The van der Waals surface area contributed by atoms with Gasteiger partial charge in [0.25, 0.3) is 0 Å². The predicted molar refractivity (Wildman–Crippen MR) is 105 cm³/mol. The van der Waals surface area contributed by atoms with Gasteiger partial charge >= 0.3 is 12.2 Å². The molecule has 0 atom stereocenters. The number of halogens is 5. The van der Waals surface area contributed by atoms with E-state index in [1.54, 1.807) is 30.3 Å². The minimum atomic E-state index is -5.02. The lowest BCUT2D eigenvalue weighted by atomic mass is 10.0. The summed E-state index contributed by atoms with van der Waals surface area (Å²) in [4.78, 5) is 0. The number of para-hydroxylation sites is 1. The second kappa shape index (κ2) is 9.24. The molecule has 0 aliphatic carbocycles. The topological polar surface area (TPSA) is 27.7 Å². The molecule has 31 heavy (non-hydrogen) atoms. The van der Waals surface area contributed by atoms with Crippen molar-refractivity contribution in [2.45, 2.75) is 25.6 Å². The van der Waals surface area contributed by atoms with E-state index in [0.717, 1.165) is 36.8 Å². The first-order valence-corrected chi connectivity index (χ1v) is 9.43. The van der Waals surface area contributed by atoms with Crippen molar-refractivity contribution in [3.63, 3.8) is 0 Å². The van der Waals surface area contributed by atoms with Crippen molar-refractivity contribution in [3.8, 4) is 28.4 Å². The second-order valence-corrected chi connectivity index (χ2v) is 6.56. The summed E-state index contributed by atoms with van der Waals surface area (Å²) in [7, 11) is 0. The molecule has 0 saturated heterocycles. The van der Waals surface area contributed by atoms with Crippen molar-refractivity contribution in [1.29, 1.82) is 0 Å². The number of ether oxygens (including phenoxy) is 3. The third-order valence-corrected chi connectivity index (χ3v) is 4.16. The Morgan fingerprint density at radius 1 is 0.710 bits per heavy atom. The van der Waals surface area contributed by atoms with Crippen molar-refractivity contribution in [1.82, 2.24) is 0 Å². The van der Waals surface area contributed by atoms with Crippen LogP contribution in [0.2, 0.25) is 0 Å². The summed E-state index contributed by atoms with van der Waals surface area (Å²) in [6.07, 6.45) is -9.21. The molecule has 3 aromatic rings. The monoisotopic (exact) mass is 438 g/mol. The minimum Gasteiger partial charge on any atom is -0.494 e. The Morgan fingerprint density at radius 3 is 1.94 bits per heavy atom. The zero-order valence-corrected chi connectivity index (χ0v) is 16.5. The van der Waals surface area contributed by atoms with Crippen molar-refractivity contribution >= 4 is 0 Å². The number of alkyl halides is 4. The van der Waals surface area contributed by atoms with Crippen LogP contribution in [0.5, 0.6) is 17.2 Å². The highest BCUT2D eigenvalue weighted by Crippen LogP contribution is 2.41. The Hall–Kier alpha value is -3.29. The van der Waals surface area contributed by atoms with Crippen LogP contribution in [-0.4, -0.2) is 18.8 Å². The average Bonchev–Trinajstić information content (AvgIpc) is 2.74. The number of hydrogen-bond acceptors (Lipinski definition) is 3. The molecule has 0 amide bonds. The first-order valence-electron chi connectivity index (χ1n) is 9.43. The van der Waals surface area contributed by atoms with Gasteiger partial charge in [-0.15, -0.1) is 0 Å². The van der Waals surface area contributed by atoms with Gasteiger partial charge in [-0.25, -0.2) is 4.39 Å². The molecule has 0 fully saturated rings. The Morgan fingerprint density at radius 2 is 1.29 bits per heavy atom. The van der Waals surface area contributed by atoms with E-state index >= 15 is 0 Å². The summed E-state index contributed by atoms with van der Waals surface area (Å²) in [6.45, 7) is 2.48. The molecule has 8 heteroatoms. The summed E-state index contributed by atoms with van der Waals surface area (Å²) in [5.41, 5.74) is 0.653. The van der Waals surface area contributed by atoms with Gasteiger partial charge in [-0.05, 0) is 54.4 Å². The van der Waals surface area contributed by atoms with Crippen LogP contribution in [0.3, 0.4) is 0 Å². The van der Waals surface area contributed by atoms with E-state index in [1.807, 2.05) is 6.92 Å². The van der Waals surface area contributed by atoms with Crippen LogP contribution in [0.1, 0.15) is 13.3 Å². The number of rotatable bonds is 9. The van der Waals surface area contributed by atoms with Gasteiger partial charge in [0.2, 0.25) is 0 Å². The van der Waals surface area contributed by atoms with E-state index in [2.05, 4.69) is 9.47 Å². The van der Waals surface area contributed by atoms with Gasteiger partial charge in [0, 0.05) is 5.56 Å². The van der Waals surface area contributed by atoms with Crippen molar-refractivity contribution in [2.75, 3.05) is 6.61 Å². The predicted octanol–water partition coefficient (Wildman–Crippen LogP) is 6.92. The number of hydrogen-bond donors (Lipinski definition) is 0. The second-order valence-electron chi connectivity index (χ2n) is 6.56. The van der Waals surface area contributed by atoms with Gasteiger partial charge in [-0.2, -0.15) is 17.6 Å². The van der Waals surface area contributed by atoms with Crippen LogP contribution in [0.4, 0.5) is 22.0 Å². The molecule has 3 aromatic carbocycles. The summed E-state index contributed by atoms with van der Waals surface area (Å²) in [6, 6.07) is 15.3. The molecule has 0 aliphatic rings. The normalized spacial score (nSPS) is 11.8. The summed E-state index contributed by atoms with van der Waals surface area (Å²) < 4.78 is 84.0. The molecule has 0 spiro atoms. The summed E-state index contributed by atoms with van der Waals surface area (Å²) >= 11 is 0. The number of benzene rings is 3. The lowest BCUT2D eigenvalue weighted by molar-refractivity contribution is -0.379. The van der Waals surface area contributed by atoms with E-state index in [1.165, 1.54) is 12.1 Å². The van der Waals surface area contributed by atoms with Crippen LogP contribution in [0, 0.1) is 5.82 Å². The van der Waals surface area contributed by atoms with Gasteiger partial charge in [0.05, 0.1) is 6.61 Å². The largest absolute Gasteiger partial charge is 0.507 e. The fraction of sp³-hybridized carbons (Fsp3) is 0.217. The molecule has 0 N–H and O–H groups in total. The molecular formula is C23H19F5O3. The quantitative estimate of drug-likeness (QED) is 0.339. The molecule has 0 radical (unpaired) electrons. The first-order chi connectivity index (χ1) is 14.7. The van der Waals surface area contributed by atoms with Gasteiger partial charge in [0.15, 0.2) is 0 Å². The zero-order valence-electron chi connectivity index (χ0n) is 16.5. The first kappa shape index (κ1) is 22.4. The van der Waals surface area contributed by atoms with Gasteiger partial charge < -0.3 is 14.2 Å². The average molecular weight is 438 g/mol. The maximum Gasteiger partial charge on any atom is 0.507 e. The van der Waals surface area contributed by atoms with Crippen molar-refractivity contribution in [3.05, 3.63) is 78.6 Å². The minimum absolute atomic E-state index is 0.182. The fourth-order valence-electron chi connectivity index (χ4n) is 2.65.